The van der Waals surface area contributed by atoms with E-state index in [1.54, 1.807) is 6.07 Å². The maximum Gasteiger partial charge on any atom is 0.257 e. The van der Waals surface area contributed by atoms with Crippen molar-refractivity contribution in [1.29, 1.82) is 0 Å². The predicted octanol–water partition coefficient (Wildman–Crippen LogP) is 3.09. The van der Waals surface area contributed by atoms with Crippen molar-refractivity contribution in [3.05, 3.63) is 65.2 Å². The first-order valence-corrected chi connectivity index (χ1v) is 11.3. The average molecular weight is 419 g/mol. The Kier molecular flexibility index (Phi) is 5.40. The predicted molar refractivity (Wildman–Crippen MR) is 121 cm³/mol. The molecule has 2 aromatic carbocycles. The van der Waals surface area contributed by atoms with Crippen molar-refractivity contribution in [2.45, 2.75) is 44.4 Å². The Morgan fingerprint density at radius 1 is 1.03 bits per heavy atom. The summed E-state index contributed by atoms with van der Waals surface area (Å²) >= 11 is 0. The zero-order valence-electron chi connectivity index (χ0n) is 18.1. The second kappa shape index (κ2) is 8.35. The van der Waals surface area contributed by atoms with Crippen LogP contribution in [-0.2, 0) is 6.54 Å². The normalized spacial score (nSPS) is 21.7. The van der Waals surface area contributed by atoms with Crippen LogP contribution in [0.3, 0.4) is 0 Å². The number of rotatable bonds is 4. The fourth-order valence-corrected chi connectivity index (χ4v) is 5.20. The number of nitrogens with zero attached hydrogens (tertiary/aromatic N) is 3. The van der Waals surface area contributed by atoms with E-state index in [1.165, 1.54) is 5.56 Å². The minimum atomic E-state index is -0.0426. The molecule has 6 nitrogen and oxygen atoms in total. The van der Waals surface area contributed by atoms with Crippen molar-refractivity contribution >= 4 is 17.5 Å². The van der Waals surface area contributed by atoms with Gasteiger partial charge in [0.15, 0.2) is 0 Å². The smallest absolute Gasteiger partial charge is 0.257 e. The van der Waals surface area contributed by atoms with Crippen LogP contribution in [0.1, 0.15) is 52.0 Å². The van der Waals surface area contributed by atoms with Gasteiger partial charge in [0.2, 0.25) is 0 Å². The summed E-state index contributed by atoms with van der Waals surface area (Å²) in [5.41, 5.74) is 3.54. The molecule has 162 valence electrons. The van der Waals surface area contributed by atoms with Gasteiger partial charge in [0, 0.05) is 44.8 Å². The van der Waals surface area contributed by atoms with Gasteiger partial charge >= 0.3 is 0 Å². The van der Waals surface area contributed by atoms with E-state index < -0.39 is 0 Å². The fourth-order valence-electron chi connectivity index (χ4n) is 5.20. The standard InChI is InChI=1S/C25H30N4O2/c1-27-22-16-19(9-10-21(22)25(31)29-13-5-8-23(27)29)24(30)26-20-11-14-28(15-12-20)17-18-6-3-2-4-7-18/h2-4,6-7,9-10,16,20,23H,5,8,11-15,17H2,1H3,(H,26,30)/t23-/m0/s1. The lowest BCUT2D eigenvalue weighted by Gasteiger charge is -2.40. The van der Waals surface area contributed by atoms with Crippen LogP contribution in [0.2, 0.25) is 0 Å². The first kappa shape index (κ1) is 20.1. The lowest BCUT2D eigenvalue weighted by molar-refractivity contribution is 0.0718. The minimum Gasteiger partial charge on any atom is -0.354 e. The van der Waals surface area contributed by atoms with Gasteiger partial charge in [-0.1, -0.05) is 30.3 Å². The molecule has 1 atom stereocenters. The lowest BCUT2D eigenvalue weighted by atomic mass is 10.0. The monoisotopic (exact) mass is 418 g/mol. The second-order valence-electron chi connectivity index (χ2n) is 8.97. The molecule has 2 amide bonds. The molecule has 0 spiro atoms. The Morgan fingerprint density at radius 2 is 1.81 bits per heavy atom. The zero-order valence-corrected chi connectivity index (χ0v) is 18.1. The summed E-state index contributed by atoms with van der Waals surface area (Å²) in [6.45, 7) is 3.75. The van der Waals surface area contributed by atoms with E-state index in [0.29, 0.717) is 11.1 Å². The summed E-state index contributed by atoms with van der Waals surface area (Å²) in [6, 6.07) is 16.2. The Balaban J connectivity index is 1.21. The fraction of sp³-hybridized carbons (Fsp3) is 0.440. The van der Waals surface area contributed by atoms with E-state index in [0.717, 1.165) is 57.5 Å². The molecule has 0 aliphatic carbocycles. The quantitative estimate of drug-likeness (QED) is 0.829. The topological polar surface area (TPSA) is 55.9 Å². The first-order valence-electron chi connectivity index (χ1n) is 11.3. The van der Waals surface area contributed by atoms with Crippen LogP contribution in [0.4, 0.5) is 5.69 Å². The molecular formula is C25H30N4O2. The van der Waals surface area contributed by atoms with Gasteiger partial charge in [0.1, 0.15) is 6.17 Å². The Bertz CT molecular complexity index is 969. The number of carbonyl (C=O) groups excluding carboxylic acids is 2. The molecule has 0 aromatic heterocycles. The van der Waals surface area contributed by atoms with E-state index in [9.17, 15) is 9.59 Å². The highest BCUT2D eigenvalue weighted by Gasteiger charge is 2.38. The van der Waals surface area contributed by atoms with Crippen LogP contribution >= 0.6 is 0 Å². The first-order chi connectivity index (χ1) is 15.1. The van der Waals surface area contributed by atoms with Gasteiger partial charge in [-0.3, -0.25) is 14.5 Å². The van der Waals surface area contributed by atoms with E-state index >= 15 is 0 Å². The maximum absolute atomic E-state index is 12.9. The minimum absolute atomic E-state index is 0.0426. The summed E-state index contributed by atoms with van der Waals surface area (Å²) in [5.74, 6) is 0.0485. The lowest BCUT2D eigenvalue weighted by Crippen LogP contribution is -2.50. The average Bonchev–Trinajstić information content (AvgIpc) is 3.30. The van der Waals surface area contributed by atoms with Gasteiger partial charge in [-0.15, -0.1) is 0 Å². The van der Waals surface area contributed by atoms with E-state index in [4.69, 9.17) is 0 Å². The number of nitrogens with one attached hydrogen (secondary N) is 1. The number of hydrogen-bond donors (Lipinski definition) is 1. The Labute approximate surface area is 183 Å². The van der Waals surface area contributed by atoms with Crippen molar-refractivity contribution in [3.63, 3.8) is 0 Å². The van der Waals surface area contributed by atoms with Crippen LogP contribution in [0.25, 0.3) is 0 Å². The molecule has 0 unspecified atom stereocenters. The number of piperidine rings is 1. The molecule has 6 heteroatoms. The number of benzene rings is 2. The van der Waals surface area contributed by atoms with E-state index in [2.05, 4.69) is 39.4 Å². The molecule has 31 heavy (non-hydrogen) atoms. The van der Waals surface area contributed by atoms with Crippen LogP contribution < -0.4 is 10.2 Å². The van der Waals surface area contributed by atoms with Gasteiger partial charge in [0.05, 0.1) is 11.3 Å². The summed E-state index contributed by atoms with van der Waals surface area (Å²) in [6.07, 6.45) is 4.05. The number of anilines is 1. The second-order valence-corrected chi connectivity index (χ2v) is 8.97. The summed E-state index contributed by atoms with van der Waals surface area (Å²) in [7, 11) is 2.03. The highest BCUT2D eigenvalue weighted by atomic mass is 16.2. The number of amides is 2. The summed E-state index contributed by atoms with van der Waals surface area (Å²) < 4.78 is 0. The van der Waals surface area contributed by atoms with Crippen molar-refractivity contribution < 1.29 is 9.59 Å². The SMILES string of the molecule is CN1c2cc(C(=O)NC3CCN(Cc4ccccc4)CC3)ccc2C(=O)N2CCC[C@H]21. The molecular weight excluding hydrogens is 388 g/mol. The van der Waals surface area contributed by atoms with E-state index in [1.807, 2.05) is 30.1 Å². The molecule has 2 fully saturated rings. The Hall–Kier alpha value is -2.86. The molecule has 0 bridgehead atoms. The van der Waals surface area contributed by atoms with Gasteiger partial charge in [0.25, 0.3) is 11.8 Å². The number of carbonyl (C=O) groups is 2. The third-order valence-electron chi connectivity index (χ3n) is 6.97. The molecule has 3 heterocycles. The molecule has 1 N–H and O–H groups in total. The van der Waals surface area contributed by atoms with Crippen LogP contribution in [0, 0.1) is 0 Å². The molecule has 0 saturated carbocycles. The molecule has 2 saturated heterocycles. The van der Waals surface area contributed by atoms with Gasteiger partial charge < -0.3 is 15.1 Å². The van der Waals surface area contributed by atoms with E-state index in [-0.39, 0.29) is 24.0 Å². The highest BCUT2D eigenvalue weighted by Crippen LogP contribution is 2.35. The van der Waals surface area contributed by atoms with Gasteiger partial charge in [-0.25, -0.2) is 0 Å². The summed E-state index contributed by atoms with van der Waals surface area (Å²) in [5, 5.41) is 3.22. The van der Waals surface area contributed by atoms with Crippen LogP contribution in [-0.4, -0.2) is 60.5 Å². The van der Waals surface area contributed by atoms with Gasteiger partial charge in [-0.05, 0) is 49.4 Å². The molecule has 3 aliphatic heterocycles. The molecule has 5 rings (SSSR count). The largest absolute Gasteiger partial charge is 0.354 e. The van der Waals surface area contributed by atoms with Crippen LogP contribution in [0.5, 0.6) is 0 Å². The highest BCUT2D eigenvalue weighted by molar-refractivity contribution is 6.04. The maximum atomic E-state index is 12.9. The van der Waals surface area contributed by atoms with Crippen molar-refractivity contribution in [1.82, 2.24) is 15.1 Å². The van der Waals surface area contributed by atoms with Crippen molar-refractivity contribution in [2.24, 2.45) is 0 Å². The molecule has 2 aromatic rings. The third kappa shape index (κ3) is 3.92. The van der Waals surface area contributed by atoms with Crippen molar-refractivity contribution in [2.75, 3.05) is 31.6 Å². The molecule has 0 radical (unpaired) electrons. The van der Waals surface area contributed by atoms with Gasteiger partial charge in [-0.2, -0.15) is 0 Å². The third-order valence-corrected chi connectivity index (χ3v) is 6.97. The number of fused-ring (bicyclic) bond motifs is 2. The van der Waals surface area contributed by atoms with Crippen LogP contribution in [0.15, 0.2) is 48.5 Å². The Morgan fingerprint density at radius 3 is 2.58 bits per heavy atom. The number of likely N-dealkylation sites (tertiary alicyclic amines) is 1. The zero-order chi connectivity index (χ0) is 21.4. The number of hydrogen-bond acceptors (Lipinski definition) is 4. The molecule has 3 aliphatic rings. The van der Waals surface area contributed by atoms with Crippen molar-refractivity contribution in [3.8, 4) is 0 Å². The summed E-state index contributed by atoms with van der Waals surface area (Å²) in [4.78, 5) is 32.3.